The van der Waals surface area contributed by atoms with Crippen molar-refractivity contribution in [3.05, 3.63) is 42.5 Å². The number of benzene rings is 2. The Morgan fingerprint density at radius 2 is 1.52 bits per heavy atom. The van der Waals surface area contributed by atoms with Crippen LogP contribution in [0, 0.1) is 5.92 Å². The van der Waals surface area contributed by atoms with Crippen molar-refractivity contribution >= 4 is 34.3 Å². The molecule has 0 heterocycles. The topological polar surface area (TPSA) is 72.9 Å². The Morgan fingerprint density at radius 1 is 0.926 bits per heavy atom. The smallest absolute Gasteiger partial charge is 0.320 e. The van der Waals surface area contributed by atoms with Gasteiger partial charge in [0.2, 0.25) is 5.91 Å². The SMILES string of the molecule is CCOC(=O)C(CCN(C(C)=O)c1cccc2ccccc12)C(=O)OCC. The first-order valence-corrected chi connectivity index (χ1v) is 9.08. The highest BCUT2D eigenvalue weighted by Gasteiger charge is 2.30. The van der Waals surface area contributed by atoms with E-state index in [-0.39, 0.29) is 32.1 Å². The zero-order valence-corrected chi connectivity index (χ0v) is 15.9. The van der Waals surface area contributed by atoms with Gasteiger partial charge in [-0.1, -0.05) is 36.4 Å². The summed E-state index contributed by atoms with van der Waals surface area (Å²) in [5.41, 5.74) is 0.743. The molecule has 0 fully saturated rings. The fourth-order valence-corrected chi connectivity index (χ4v) is 2.97. The number of rotatable bonds is 8. The van der Waals surface area contributed by atoms with Crippen molar-refractivity contribution in [3.63, 3.8) is 0 Å². The Kier molecular flexibility index (Phi) is 7.34. The van der Waals surface area contributed by atoms with E-state index < -0.39 is 17.9 Å². The summed E-state index contributed by atoms with van der Waals surface area (Å²) in [6, 6.07) is 13.4. The Bertz CT molecular complexity index is 794. The number of anilines is 1. The summed E-state index contributed by atoms with van der Waals surface area (Å²) in [7, 11) is 0. The quantitative estimate of drug-likeness (QED) is 0.526. The van der Waals surface area contributed by atoms with Gasteiger partial charge in [-0.3, -0.25) is 14.4 Å². The minimum atomic E-state index is -1.05. The third kappa shape index (κ3) is 5.06. The molecule has 0 aliphatic carbocycles. The first-order valence-electron chi connectivity index (χ1n) is 9.08. The summed E-state index contributed by atoms with van der Waals surface area (Å²) in [5, 5.41) is 1.94. The Morgan fingerprint density at radius 3 is 2.11 bits per heavy atom. The van der Waals surface area contributed by atoms with Crippen LogP contribution in [0.25, 0.3) is 10.8 Å². The van der Waals surface area contributed by atoms with Crippen LogP contribution >= 0.6 is 0 Å². The largest absolute Gasteiger partial charge is 0.465 e. The molecule has 0 radical (unpaired) electrons. The molecule has 0 unspecified atom stereocenters. The molecule has 0 atom stereocenters. The number of ether oxygens (including phenoxy) is 2. The Hall–Kier alpha value is -2.89. The monoisotopic (exact) mass is 371 g/mol. The minimum absolute atomic E-state index is 0.125. The second-order valence-electron chi connectivity index (χ2n) is 6.01. The predicted octanol–water partition coefficient (Wildman–Crippen LogP) is 3.33. The van der Waals surface area contributed by atoms with Gasteiger partial charge in [0.15, 0.2) is 5.92 Å². The molecule has 0 aliphatic rings. The highest BCUT2D eigenvalue weighted by Crippen LogP contribution is 2.27. The number of hydrogen-bond donors (Lipinski definition) is 0. The minimum Gasteiger partial charge on any atom is -0.465 e. The van der Waals surface area contributed by atoms with Crippen LogP contribution in [0.2, 0.25) is 0 Å². The van der Waals surface area contributed by atoms with E-state index in [1.807, 2.05) is 42.5 Å². The lowest BCUT2D eigenvalue weighted by atomic mass is 10.0. The van der Waals surface area contributed by atoms with Gasteiger partial charge in [-0.15, -0.1) is 0 Å². The van der Waals surface area contributed by atoms with E-state index in [1.54, 1.807) is 18.7 Å². The molecule has 27 heavy (non-hydrogen) atoms. The van der Waals surface area contributed by atoms with Gasteiger partial charge < -0.3 is 14.4 Å². The van der Waals surface area contributed by atoms with Crippen LogP contribution in [0.4, 0.5) is 5.69 Å². The molecule has 0 N–H and O–H groups in total. The third-order valence-corrected chi connectivity index (χ3v) is 4.22. The van der Waals surface area contributed by atoms with Gasteiger partial charge in [-0.25, -0.2) is 0 Å². The lowest BCUT2D eigenvalue weighted by Crippen LogP contribution is -2.35. The van der Waals surface area contributed by atoms with Gasteiger partial charge in [-0.2, -0.15) is 0 Å². The molecule has 1 amide bonds. The zero-order valence-electron chi connectivity index (χ0n) is 15.9. The summed E-state index contributed by atoms with van der Waals surface area (Å²) >= 11 is 0. The standard InChI is InChI=1S/C21H25NO5/c1-4-26-20(24)18(21(25)27-5-2)13-14-22(15(3)23)19-12-8-10-16-9-6-7-11-17(16)19/h6-12,18H,4-5,13-14H2,1-3H3. The first-order chi connectivity index (χ1) is 13.0. The maximum atomic E-state index is 12.3. The van der Waals surface area contributed by atoms with Crippen LogP contribution in [0.15, 0.2) is 42.5 Å². The van der Waals surface area contributed by atoms with Crippen molar-refractivity contribution in [1.29, 1.82) is 0 Å². The molecule has 6 heteroatoms. The summed E-state index contributed by atoms with van der Waals surface area (Å²) in [6.07, 6.45) is 0.125. The highest BCUT2D eigenvalue weighted by atomic mass is 16.6. The van der Waals surface area contributed by atoms with Gasteiger partial charge in [0.25, 0.3) is 0 Å². The number of nitrogens with zero attached hydrogens (tertiary/aromatic N) is 1. The van der Waals surface area contributed by atoms with Crippen molar-refractivity contribution in [3.8, 4) is 0 Å². The fraction of sp³-hybridized carbons (Fsp3) is 0.381. The maximum absolute atomic E-state index is 12.3. The van der Waals surface area contributed by atoms with Crippen LogP contribution < -0.4 is 4.90 Å². The summed E-state index contributed by atoms with van der Waals surface area (Å²) in [6.45, 7) is 5.37. The maximum Gasteiger partial charge on any atom is 0.320 e. The molecule has 2 rings (SSSR count). The lowest BCUT2D eigenvalue weighted by Gasteiger charge is -2.24. The van der Waals surface area contributed by atoms with Crippen LogP contribution in [-0.4, -0.2) is 37.6 Å². The van der Waals surface area contributed by atoms with Crippen LogP contribution in [0.5, 0.6) is 0 Å². The molecule has 2 aromatic carbocycles. The van der Waals surface area contributed by atoms with E-state index in [1.165, 1.54) is 6.92 Å². The molecule has 0 aliphatic heterocycles. The molecule has 2 aromatic rings. The van der Waals surface area contributed by atoms with Gasteiger partial charge in [0.05, 0.1) is 18.9 Å². The summed E-state index contributed by atoms with van der Waals surface area (Å²) < 4.78 is 9.99. The molecule has 144 valence electrons. The number of esters is 2. The fourth-order valence-electron chi connectivity index (χ4n) is 2.97. The zero-order chi connectivity index (χ0) is 19.8. The molecule has 0 saturated carbocycles. The second-order valence-corrected chi connectivity index (χ2v) is 6.01. The van der Waals surface area contributed by atoms with Crippen LogP contribution in [-0.2, 0) is 23.9 Å². The number of hydrogen-bond acceptors (Lipinski definition) is 5. The Labute approximate surface area is 159 Å². The third-order valence-electron chi connectivity index (χ3n) is 4.22. The lowest BCUT2D eigenvalue weighted by molar-refractivity contribution is -0.161. The molecule has 0 bridgehead atoms. The average Bonchev–Trinajstić information content (AvgIpc) is 2.65. The van der Waals surface area contributed by atoms with Crippen molar-refractivity contribution in [2.75, 3.05) is 24.7 Å². The highest BCUT2D eigenvalue weighted by molar-refractivity contribution is 6.03. The molecule has 0 spiro atoms. The van der Waals surface area contributed by atoms with Gasteiger partial charge in [0, 0.05) is 18.9 Å². The van der Waals surface area contributed by atoms with Crippen LogP contribution in [0.3, 0.4) is 0 Å². The van der Waals surface area contributed by atoms with Gasteiger partial charge in [0.1, 0.15) is 0 Å². The average molecular weight is 371 g/mol. The molecule has 0 aromatic heterocycles. The van der Waals surface area contributed by atoms with E-state index >= 15 is 0 Å². The van der Waals surface area contributed by atoms with E-state index in [2.05, 4.69) is 0 Å². The number of amides is 1. The van der Waals surface area contributed by atoms with Crippen LogP contribution in [0.1, 0.15) is 27.2 Å². The van der Waals surface area contributed by atoms with E-state index in [4.69, 9.17) is 9.47 Å². The van der Waals surface area contributed by atoms with E-state index in [0.29, 0.717) is 0 Å². The van der Waals surface area contributed by atoms with Crippen molar-refractivity contribution < 1.29 is 23.9 Å². The molecular weight excluding hydrogens is 346 g/mol. The molecule has 0 saturated heterocycles. The predicted molar refractivity (Wildman–Crippen MR) is 103 cm³/mol. The van der Waals surface area contributed by atoms with Crippen molar-refractivity contribution in [2.24, 2.45) is 5.92 Å². The van der Waals surface area contributed by atoms with Gasteiger partial charge >= 0.3 is 11.9 Å². The number of carbonyl (C=O) groups excluding carboxylic acids is 3. The van der Waals surface area contributed by atoms with Crippen molar-refractivity contribution in [1.82, 2.24) is 0 Å². The van der Waals surface area contributed by atoms with Gasteiger partial charge in [-0.05, 0) is 31.7 Å². The van der Waals surface area contributed by atoms with E-state index in [0.717, 1.165) is 16.5 Å². The molecule has 6 nitrogen and oxygen atoms in total. The summed E-state index contributed by atoms with van der Waals surface area (Å²) in [4.78, 5) is 38.2. The summed E-state index contributed by atoms with van der Waals surface area (Å²) in [5.74, 6) is -2.48. The first kappa shape index (κ1) is 20.4. The normalized spacial score (nSPS) is 10.7. The van der Waals surface area contributed by atoms with Crippen molar-refractivity contribution in [2.45, 2.75) is 27.2 Å². The second kappa shape index (κ2) is 9.71. The number of fused-ring (bicyclic) bond motifs is 1. The Balaban J connectivity index is 2.27. The number of carbonyl (C=O) groups is 3. The van der Waals surface area contributed by atoms with E-state index in [9.17, 15) is 14.4 Å². The molecular formula is C21H25NO5.